The maximum Gasteiger partial charge on any atom is 0.0221 e. The number of nitrogens with one attached hydrogen (secondary N) is 5. The number of nitrogens with two attached hydrogens (primary N) is 2. The number of unbranched alkanes of at least 4 members (excludes halogenated alkanes) is 2. The standard InChI is InChI=1S/C22H49N7/c23-11-5-3-7-19-17-28-20(8-4-6-12-24)18-29-22-10-2-1-9-21(22)27-16-14-25-13-15-26-19/h19-22,25-29H,1-18,23-24H2/t19-,20+,21-,22-/m1/s1. The summed E-state index contributed by atoms with van der Waals surface area (Å²) in [6.07, 6.45) is 12.3. The third kappa shape index (κ3) is 11.1. The van der Waals surface area contributed by atoms with Crippen LogP contribution in [0.2, 0.25) is 0 Å². The third-order valence-electron chi connectivity index (χ3n) is 6.50. The minimum atomic E-state index is 0.519. The first kappa shape index (κ1) is 25.0. The van der Waals surface area contributed by atoms with Crippen LogP contribution < -0.4 is 38.1 Å². The van der Waals surface area contributed by atoms with E-state index >= 15 is 0 Å². The van der Waals surface area contributed by atoms with Gasteiger partial charge in [0.2, 0.25) is 0 Å². The minimum Gasteiger partial charge on any atom is -0.330 e. The van der Waals surface area contributed by atoms with Crippen molar-refractivity contribution >= 4 is 0 Å². The molecule has 7 nitrogen and oxygen atoms in total. The zero-order valence-corrected chi connectivity index (χ0v) is 18.7. The first-order chi connectivity index (χ1) is 14.3. The Bertz CT molecular complexity index is 382. The topological polar surface area (TPSA) is 112 Å². The van der Waals surface area contributed by atoms with E-state index in [0.29, 0.717) is 24.2 Å². The Morgan fingerprint density at radius 3 is 1.79 bits per heavy atom. The molecule has 4 atom stereocenters. The van der Waals surface area contributed by atoms with Crippen molar-refractivity contribution in [2.45, 2.75) is 88.4 Å². The summed E-state index contributed by atoms with van der Waals surface area (Å²) in [6.45, 7) is 7.84. The van der Waals surface area contributed by atoms with Crippen molar-refractivity contribution in [2.24, 2.45) is 11.5 Å². The molecule has 172 valence electrons. The normalized spacial score (nSPS) is 30.8. The molecular formula is C22H49N7. The molecule has 0 aromatic rings. The fourth-order valence-corrected chi connectivity index (χ4v) is 4.68. The molecule has 0 bridgehead atoms. The summed E-state index contributed by atoms with van der Waals surface area (Å²) in [5, 5.41) is 19.0. The van der Waals surface area contributed by atoms with Gasteiger partial charge in [-0.2, -0.15) is 0 Å². The van der Waals surface area contributed by atoms with Gasteiger partial charge in [-0.3, -0.25) is 0 Å². The highest BCUT2D eigenvalue weighted by molar-refractivity contribution is 4.88. The molecule has 2 rings (SSSR count). The second-order valence-electron chi connectivity index (χ2n) is 8.93. The molecule has 0 aromatic carbocycles. The van der Waals surface area contributed by atoms with Crippen LogP contribution in [0.25, 0.3) is 0 Å². The molecule has 1 saturated heterocycles. The van der Waals surface area contributed by atoms with Gasteiger partial charge in [0.1, 0.15) is 0 Å². The minimum absolute atomic E-state index is 0.519. The average molecular weight is 412 g/mol. The largest absolute Gasteiger partial charge is 0.330 e. The van der Waals surface area contributed by atoms with Gasteiger partial charge in [-0.25, -0.2) is 0 Å². The van der Waals surface area contributed by atoms with Gasteiger partial charge < -0.3 is 38.1 Å². The summed E-state index contributed by atoms with van der Waals surface area (Å²) in [5.74, 6) is 0. The molecular weight excluding hydrogens is 362 g/mol. The molecule has 2 aliphatic rings. The van der Waals surface area contributed by atoms with Gasteiger partial charge in [0, 0.05) is 63.4 Å². The Morgan fingerprint density at radius 2 is 1.14 bits per heavy atom. The molecule has 0 spiro atoms. The van der Waals surface area contributed by atoms with E-state index in [4.69, 9.17) is 11.5 Å². The Hall–Kier alpha value is -0.280. The Labute approximate surface area is 179 Å². The van der Waals surface area contributed by atoms with Gasteiger partial charge >= 0.3 is 0 Å². The van der Waals surface area contributed by atoms with E-state index in [1.807, 2.05) is 0 Å². The first-order valence-electron chi connectivity index (χ1n) is 12.4. The van der Waals surface area contributed by atoms with Crippen molar-refractivity contribution in [3.63, 3.8) is 0 Å². The summed E-state index contributed by atoms with van der Waals surface area (Å²) < 4.78 is 0. The number of hydrogen-bond acceptors (Lipinski definition) is 7. The van der Waals surface area contributed by atoms with Crippen LogP contribution in [0, 0.1) is 0 Å². The third-order valence-corrected chi connectivity index (χ3v) is 6.50. The predicted octanol–water partition coefficient (Wildman–Crippen LogP) is 0.254. The van der Waals surface area contributed by atoms with Crippen LogP contribution in [-0.2, 0) is 0 Å². The lowest BCUT2D eigenvalue weighted by atomic mass is 9.90. The maximum absolute atomic E-state index is 5.74. The molecule has 1 aliphatic heterocycles. The van der Waals surface area contributed by atoms with Gasteiger partial charge in [0.15, 0.2) is 0 Å². The van der Waals surface area contributed by atoms with Gasteiger partial charge in [0.05, 0.1) is 0 Å². The zero-order valence-electron chi connectivity index (χ0n) is 18.7. The lowest BCUT2D eigenvalue weighted by Gasteiger charge is -2.34. The Kier molecular flexibility index (Phi) is 14.1. The van der Waals surface area contributed by atoms with Crippen molar-refractivity contribution in [1.82, 2.24) is 26.6 Å². The molecule has 1 heterocycles. The molecule has 1 aliphatic carbocycles. The summed E-state index contributed by atoms with van der Waals surface area (Å²) in [7, 11) is 0. The van der Waals surface area contributed by atoms with E-state index in [0.717, 1.165) is 65.2 Å². The second-order valence-corrected chi connectivity index (χ2v) is 8.93. The van der Waals surface area contributed by atoms with E-state index in [9.17, 15) is 0 Å². The summed E-state index contributed by atoms with van der Waals surface area (Å²) >= 11 is 0. The van der Waals surface area contributed by atoms with E-state index in [1.165, 1.54) is 51.4 Å². The zero-order chi connectivity index (χ0) is 20.6. The van der Waals surface area contributed by atoms with Crippen LogP contribution in [0.1, 0.15) is 64.2 Å². The van der Waals surface area contributed by atoms with Crippen LogP contribution in [0.15, 0.2) is 0 Å². The van der Waals surface area contributed by atoms with E-state index in [2.05, 4.69) is 26.6 Å². The molecule has 0 radical (unpaired) electrons. The van der Waals surface area contributed by atoms with E-state index in [-0.39, 0.29) is 0 Å². The highest BCUT2D eigenvalue weighted by atomic mass is 15.1. The first-order valence-corrected chi connectivity index (χ1v) is 12.4. The molecule has 1 saturated carbocycles. The molecule has 0 amide bonds. The quantitative estimate of drug-likeness (QED) is 0.287. The molecule has 29 heavy (non-hydrogen) atoms. The van der Waals surface area contributed by atoms with Gasteiger partial charge in [-0.1, -0.05) is 25.7 Å². The van der Waals surface area contributed by atoms with E-state index in [1.54, 1.807) is 0 Å². The summed E-state index contributed by atoms with van der Waals surface area (Å²) in [5.41, 5.74) is 11.4. The van der Waals surface area contributed by atoms with Crippen molar-refractivity contribution in [1.29, 1.82) is 0 Å². The van der Waals surface area contributed by atoms with Crippen LogP contribution in [0.3, 0.4) is 0 Å². The van der Waals surface area contributed by atoms with Crippen LogP contribution in [0.4, 0.5) is 0 Å². The molecule has 0 unspecified atom stereocenters. The van der Waals surface area contributed by atoms with Gasteiger partial charge in [0.25, 0.3) is 0 Å². The smallest absolute Gasteiger partial charge is 0.0221 e. The van der Waals surface area contributed by atoms with Crippen molar-refractivity contribution in [3.05, 3.63) is 0 Å². The highest BCUT2D eigenvalue weighted by Gasteiger charge is 2.25. The molecule has 0 aromatic heterocycles. The SMILES string of the molecule is NCCCC[C@@H]1CN[C@@H](CCCCN)CN[C@@H]2CCCC[C@H]2NCCNCCN1. The monoisotopic (exact) mass is 411 g/mol. The van der Waals surface area contributed by atoms with Gasteiger partial charge in [-0.05, 0) is 51.6 Å². The predicted molar refractivity (Wildman–Crippen MR) is 124 cm³/mol. The number of hydrogen-bond donors (Lipinski definition) is 7. The highest BCUT2D eigenvalue weighted by Crippen LogP contribution is 2.18. The second kappa shape index (κ2) is 16.4. The van der Waals surface area contributed by atoms with E-state index < -0.39 is 0 Å². The lowest BCUT2D eigenvalue weighted by molar-refractivity contribution is 0.271. The summed E-state index contributed by atoms with van der Waals surface area (Å²) in [6, 6.07) is 2.26. The summed E-state index contributed by atoms with van der Waals surface area (Å²) in [4.78, 5) is 0. The molecule has 7 heteroatoms. The molecule has 9 N–H and O–H groups in total. The molecule has 2 fully saturated rings. The maximum atomic E-state index is 5.74. The van der Waals surface area contributed by atoms with Crippen LogP contribution in [-0.4, -0.2) is 76.5 Å². The lowest BCUT2D eigenvalue weighted by Crippen LogP contribution is -2.54. The Morgan fingerprint density at radius 1 is 0.586 bits per heavy atom. The van der Waals surface area contributed by atoms with Gasteiger partial charge in [-0.15, -0.1) is 0 Å². The average Bonchev–Trinajstić information content (AvgIpc) is 2.75. The number of fused-ring (bicyclic) bond motifs is 1. The fourth-order valence-electron chi connectivity index (χ4n) is 4.68. The fraction of sp³-hybridized carbons (Fsp3) is 1.00. The number of rotatable bonds is 8. The van der Waals surface area contributed by atoms with Crippen LogP contribution >= 0.6 is 0 Å². The van der Waals surface area contributed by atoms with Crippen LogP contribution in [0.5, 0.6) is 0 Å². The Balaban J connectivity index is 1.92. The van der Waals surface area contributed by atoms with Crippen molar-refractivity contribution in [2.75, 3.05) is 52.4 Å². The van der Waals surface area contributed by atoms with Crippen molar-refractivity contribution < 1.29 is 0 Å². The van der Waals surface area contributed by atoms with Crippen molar-refractivity contribution in [3.8, 4) is 0 Å².